The van der Waals surface area contributed by atoms with Gasteiger partial charge in [0.2, 0.25) is 0 Å². The van der Waals surface area contributed by atoms with Crippen LogP contribution in [0.25, 0.3) is 0 Å². The summed E-state index contributed by atoms with van der Waals surface area (Å²) in [4.78, 5) is 0. The molecule has 0 saturated carbocycles. The number of aryl methyl sites for hydroxylation is 1. The Morgan fingerprint density at radius 3 is 2.79 bits per heavy atom. The Hall–Kier alpha value is -1.87. The number of para-hydroxylation sites is 1. The first-order valence-corrected chi connectivity index (χ1v) is 6.34. The number of nitrogens with one attached hydrogen (secondary N) is 1. The van der Waals surface area contributed by atoms with Crippen LogP contribution in [0.3, 0.4) is 0 Å². The lowest BCUT2D eigenvalue weighted by atomic mass is 10.1. The number of halogens is 1. The Balaban J connectivity index is 2.17. The maximum Gasteiger partial charge on any atom is 0.162 e. The minimum atomic E-state index is 0.164. The Bertz CT molecular complexity index is 584. The van der Waals surface area contributed by atoms with E-state index >= 15 is 0 Å². The molecule has 0 amide bonds. The van der Waals surface area contributed by atoms with Crippen LogP contribution in [-0.2, 0) is 6.54 Å². The maximum atomic E-state index is 10.00. The van der Waals surface area contributed by atoms with E-state index < -0.39 is 0 Å². The van der Waals surface area contributed by atoms with Crippen LogP contribution < -0.4 is 10.1 Å². The Morgan fingerprint density at radius 1 is 1.26 bits per heavy atom. The van der Waals surface area contributed by atoms with E-state index in [2.05, 4.69) is 5.32 Å². The molecule has 0 unspecified atom stereocenters. The van der Waals surface area contributed by atoms with Gasteiger partial charge in [-0.2, -0.15) is 0 Å². The van der Waals surface area contributed by atoms with Gasteiger partial charge in [-0.25, -0.2) is 0 Å². The summed E-state index contributed by atoms with van der Waals surface area (Å²) in [6.45, 7) is 2.51. The largest absolute Gasteiger partial charge is 0.504 e. The monoisotopic (exact) mass is 277 g/mol. The van der Waals surface area contributed by atoms with Crippen LogP contribution in [0, 0.1) is 6.92 Å². The number of phenols is 1. The van der Waals surface area contributed by atoms with Gasteiger partial charge >= 0.3 is 0 Å². The quantitative estimate of drug-likeness (QED) is 0.888. The van der Waals surface area contributed by atoms with Crippen LogP contribution >= 0.6 is 11.6 Å². The Morgan fingerprint density at radius 2 is 2.05 bits per heavy atom. The summed E-state index contributed by atoms with van der Waals surface area (Å²) >= 11 is 5.97. The molecular weight excluding hydrogens is 262 g/mol. The first kappa shape index (κ1) is 13.6. The second kappa shape index (κ2) is 5.85. The standard InChI is InChI=1S/C15H16ClNO2/c1-10-6-7-12(16)8-13(10)17-9-11-4-3-5-14(19-2)15(11)18/h3-8,17-18H,9H2,1-2H3. The van der Waals surface area contributed by atoms with Gasteiger partial charge in [0.15, 0.2) is 11.5 Å². The van der Waals surface area contributed by atoms with E-state index in [1.165, 1.54) is 7.11 Å². The fourth-order valence-corrected chi connectivity index (χ4v) is 2.02. The van der Waals surface area contributed by atoms with Crippen molar-refractivity contribution in [1.29, 1.82) is 0 Å². The fraction of sp³-hybridized carbons (Fsp3) is 0.200. The summed E-state index contributed by atoms with van der Waals surface area (Å²) in [5.74, 6) is 0.638. The SMILES string of the molecule is COc1cccc(CNc2cc(Cl)ccc2C)c1O. The smallest absolute Gasteiger partial charge is 0.162 e. The van der Waals surface area contributed by atoms with E-state index in [1.807, 2.05) is 37.3 Å². The zero-order valence-corrected chi connectivity index (χ0v) is 11.7. The Labute approximate surface area is 117 Å². The van der Waals surface area contributed by atoms with E-state index in [0.717, 1.165) is 16.8 Å². The third kappa shape index (κ3) is 3.12. The van der Waals surface area contributed by atoms with Crippen LogP contribution in [0.4, 0.5) is 5.69 Å². The van der Waals surface area contributed by atoms with Gasteiger partial charge in [-0.3, -0.25) is 0 Å². The average Bonchev–Trinajstić information content (AvgIpc) is 2.41. The molecule has 0 heterocycles. The fourth-order valence-electron chi connectivity index (χ4n) is 1.85. The molecule has 0 spiro atoms. The summed E-state index contributed by atoms with van der Waals surface area (Å²) in [6, 6.07) is 11.1. The molecule has 0 aliphatic heterocycles. The van der Waals surface area contributed by atoms with E-state index in [1.54, 1.807) is 6.07 Å². The molecule has 0 saturated heterocycles. The third-order valence-corrected chi connectivity index (χ3v) is 3.21. The van der Waals surface area contributed by atoms with Crippen molar-refractivity contribution in [2.45, 2.75) is 13.5 Å². The molecule has 0 radical (unpaired) electrons. The minimum Gasteiger partial charge on any atom is -0.504 e. The van der Waals surface area contributed by atoms with Crippen molar-refractivity contribution < 1.29 is 9.84 Å². The highest BCUT2D eigenvalue weighted by Crippen LogP contribution is 2.30. The van der Waals surface area contributed by atoms with Crippen molar-refractivity contribution in [2.75, 3.05) is 12.4 Å². The molecule has 3 nitrogen and oxygen atoms in total. The molecule has 2 rings (SSSR count). The van der Waals surface area contributed by atoms with Crippen molar-refractivity contribution in [3.63, 3.8) is 0 Å². The highest BCUT2D eigenvalue weighted by atomic mass is 35.5. The molecule has 19 heavy (non-hydrogen) atoms. The van der Waals surface area contributed by atoms with Crippen molar-refractivity contribution in [1.82, 2.24) is 0 Å². The molecule has 0 bridgehead atoms. The average molecular weight is 278 g/mol. The normalized spacial score (nSPS) is 10.3. The lowest BCUT2D eigenvalue weighted by Gasteiger charge is -2.12. The lowest BCUT2D eigenvalue weighted by molar-refractivity contribution is 0.371. The highest BCUT2D eigenvalue weighted by Gasteiger charge is 2.07. The number of hydrogen-bond acceptors (Lipinski definition) is 3. The highest BCUT2D eigenvalue weighted by molar-refractivity contribution is 6.30. The molecule has 4 heteroatoms. The molecule has 2 aromatic carbocycles. The van der Waals surface area contributed by atoms with Crippen LogP contribution in [-0.4, -0.2) is 12.2 Å². The Kier molecular flexibility index (Phi) is 4.17. The van der Waals surface area contributed by atoms with Gasteiger partial charge in [0.05, 0.1) is 7.11 Å². The number of aromatic hydroxyl groups is 1. The predicted octanol–water partition coefficient (Wildman–Crippen LogP) is 3.97. The zero-order chi connectivity index (χ0) is 13.8. The molecular formula is C15H16ClNO2. The van der Waals surface area contributed by atoms with Crippen LogP contribution in [0.1, 0.15) is 11.1 Å². The number of benzene rings is 2. The first-order chi connectivity index (χ1) is 9.11. The molecule has 0 aliphatic rings. The summed E-state index contributed by atoms with van der Waals surface area (Å²) in [6.07, 6.45) is 0. The maximum absolute atomic E-state index is 10.00. The van der Waals surface area contributed by atoms with Gasteiger partial charge in [0, 0.05) is 22.8 Å². The van der Waals surface area contributed by atoms with E-state index in [0.29, 0.717) is 17.3 Å². The zero-order valence-electron chi connectivity index (χ0n) is 10.9. The molecule has 2 N–H and O–H groups in total. The summed E-state index contributed by atoms with van der Waals surface area (Å²) in [5.41, 5.74) is 2.83. The van der Waals surface area contributed by atoms with Gasteiger partial charge in [-0.05, 0) is 30.7 Å². The number of methoxy groups -OCH3 is 1. The molecule has 0 aliphatic carbocycles. The molecule has 0 fully saturated rings. The van der Waals surface area contributed by atoms with Gasteiger partial charge in [-0.1, -0.05) is 29.8 Å². The van der Waals surface area contributed by atoms with Crippen LogP contribution in [0.5, 0.6) is 11.5 Å². The van der Waals surface area contributed by atoms with Gasteiger partial charge < -0.3 is 15.2 Å². The summed E-state index contributed by atoms with van der Waals surface area (Å²) in [7, 11) is 1.54. The van der Waals surface area contributed by atoms with Crippen LogP contribution in [0.15, 0.2) is 36.4 Å². The number of anilines is 1. The minimum absolute atomic E-state index is 0.164. The van der Waals surface area contributed by atoms with Crippen molar-refractivity contribution in [3.8, 4) is 11.5 Å². The number of hydrogen-bond donors (Lipinski definition) is 2. The van der Waals surface area contributed by atoms with Crippen molar-refractivity contribution in [2.24, 2.45) is 0 Å². The second-order valence-corrected chi connectivity index (χ2v) is 4.72. The van der Waals surface area contributed by atoms with Gasteiger partial charge in [-0.15, -0.1) is 0 Å². The summed E-state index contributed by atoms with van der Waals surface area (Å²) in [5, 5.41) is 13.9. The first-order valence-electron chi connectivity index (χ1n) is 5.96. The predicted molar refractivity (Wildman–Crippen MR) is 78.2 cm³/mol. The van der Waals surface area contributed by atoms with Gasteiger partial charge in [0.25, 0.3) is 0 Å². The molecule has 0 aromatic heterocycles. The number of rotatable bonds is 4. The molecule has 2 aromatic rings. The topological polar surface area (TPSA) is 41.5 Å². The van der Waals surface area contributed by atoms with E-state index in [4.69, 9.17) is 16.3 Å². The second-order valence-electron chi connectivity index (χ2n) is 4.28. The van der Waals surface area contributed by atoms with Crippen molar-refractivity contribution in [3.05, 3.63) is 52.5 Å². The van der Waals surface area contributed by atoms with Crippen molar-refractivity contribution >= 4 is 17.3 Å². The van der Waals surface area contributed by atoms with E-state index in [9.17, 15) is 5.11 Å². The van der Waals surface area contributed by atoms with Crippen LogP contribution in [0.2, 0.25) is 5.02 Å². The summed E-state index contributed by atoms with van der Waals surface area (Å²) < 4.78 is 5.08. The molecule has 0 atom stereocenters. The molecule has 100 valence electrons. The number of ether oxygens (including phenoxy) is 1. The third-order valence-electron chi connectivity index (χ3n) is 2.97. The van der Waals surface area contributed by atoms with Gasteiger partial charge in [0.1, 0.15) is 0 Å². The van der Waals surface area contributed by atoms with E-state index in [-0.39, 0.29) is 5.75 Å². The number of phenolic OH excluding ortho intramolecular Hbond substituents is 1. The lowest BCUT2D eigenvalue weighted by Crippen LogP contribution is -2.01.